The van der Waals surface area contributed by atoms with Gasteiger partial charge in [0, 0.05) is 53.8 Å². The fourth-order valence-electron chi connectivity index (χ4n) is 7.34. The second-order valence-electron chi connectivity index (χ2n) is 11.9. The van der Waals surface area contributed by atoms with Crippen LogP contribution in [-0.2, 0) is 4.79 Å². The first-order valence-electron chi connectivity index (χ1n) is 14.5. The molecule has 3 aromatic rings. The van der Waals surface area contributed by atoms with Gasteiger partial charge in [0.2, 0.25) is 5.91 Å². The summed E-state index contributed by atoms with van der Waals surface area (Å²) in [5, 5.41) is 6.71. The maximum Gasteiger partial charge on any atom is 0.319 e. The molecule has 216 valence electrons. The number of amides is 1. The smallest absolute Gasteiger partial charge is 0.319 e. The maximum absolute atomic E-state index is 16.5. The molecule has 4 saturated heterocycles. The van der Waals surface area contributed by atoms with Crippen molar-refractivity contribution in [1.29, 1.82) is 0 Å². The summed E-state index contributed by atoms with van der Waals surface area (Å²) in [5.41, 5.74) is 0.166. The van der Waals surface area contributed by atoms with Gasteiger partial charge in [-0.2, -0.15) is 9.97 Å². The molecule has 4 aliphatic heterocycles. The molecule has 4 fully saturated rings. The van der Waals surface area contributed by atoms with Gasteiger partial charge in [0.1, 0.15) is 23.8 Å². The minimum Gasteiger partial charge on any atom is -0.461 e. The molecule has 1 amide bonds. The van der Waals surface area contributed by atoms with E-state index in [-0.39, 0.29) is 39.1 Å². The number of ether oxygens (including phenoxy) is 1. The SMILES string of the molecule is CC(=O)Nc1ccc(Cl)c(-c2c(F)cc3c(N4C[C@H]5CC[C@@H](C4)N5)nc(OCC45CCCN4CCC5)nc3c2F)c1. The Hall–Kier alpha value is -3.08. The van der Waals surface area contributed by atoms with Crippen molar-refractivity contribution in [1.82, 2.24) is 20.2 Å². The summed E-state index contributed by atoms with van der Waals surface area (Å²) in [6.07, 6.45) is 6.49. The number of anilines is 2. The van der Waals surface area contributed by atoms with Gasteiger partial charge < -0.3 is 20.3 Å². The summed E-state index contributed by atoms with van der Waals surface area (Å²) >= 11 is 6.44. The number of fused-ring (bicyclic) bond motifs is 4. The third-order valence-corrected chi connectivity index (χ3v) is 9.53. The van der Waals surface area contributed by atoms with Gasteiger partial charge in [-0.1, -0.05) is 11.6 Å². The first-order valence-corrected chi connectivity index (χ1v) is 14.8. The Balaban J connectivity index is 1.34. The fraction of sp³-hybridized carbons (Fsp3) is 0.500. The second-order valence-corrected chi connectivity index (χ2v) is 12.3. The average Bonchev–Trinajstić information content (AvgIpc) is 3.62. The summed E-state index contributed by atoms with van der Waals surface area (Å²) < 4.78 is 38.6. The monoisotopic (exact) mass is 582 g/mol. The zero-order valence-corrected chi connectivity index (χ0v) is 23.7. The zero-order chi connectivity index (χ0) is 28.3. The molecule has 4 aliphatic rings. The van der Waals surface area contributed by atoms with Crippen molar-refractivity contribution in [3.05, 3.63) is 40.9 Å². The number of halogens is 3. The highest BCUT2D eigenvalue weighted by Gasteiger charge is 2.45. The molecular weight excluding hydrogens is 550 g/mol. The number of benzene rings is 2. The van der Waals surface area contributed by atoms with Gasteiger partial charge >= 0.3 is 6.01 Å². The van der Waals surface area contributed by atoms with Gasteiger partial charge in [0.15, 0.2) is 5.82 Å². The maximum atomic E-state index is 16.5. The van der Waals surface area contributed by atoms with E-state index >= 15 is 8.78 Å². The average molecular weight is 583 g/mol. The fourth-order valence-corrected chi connectivity index (χ4v) is 7.55. The third kappa shape index (κ3) is 4.79. The molecule has 1 aromatic heterocycles. The first kappa shape index (κ1) is 26.8. The molecule has 0 spiro atoms. The molecule has 8 nitrogen and oxygen atoms in total. The number of nitrogens with one attached hydrogen (secondary N) is 2. The van der Waals surface area contributed by atoms with E-state index in [1.54, 1.807) is 6.07 Å². The van der Waals surface area contributed by atoms with Crippen LogP contribution in [0.1, 0.15) is 45.4 Å². The number of piperazine rings is 1. The molecular formula is C30H33ClF2N6O2. The van der Waals surface area contributed by atoms with Crippen LogP contribution in [0.3, 0.4) is 0 Å². The lowest BCUT2D eigenvalue weighted by Gasteiger charge is -2.34. The van der Waals surface area contributed by atoms with Crippen molar-refractivity contribution in [2.24, 2.45) is 0 Å². The van der Waals surface area contributed by atoms with Gasteiger partial charge in [-0.15, -0.1) is 0 Å². The molecule has 2 N–H and O–H groups in total. The van der Waals surface area contributed by atoms with Crippen molar-refractivity contribution in [2.45, 2.75) is 63.1 Å². The lowest BCUT2D eigenvalue weighted by Crippen LogP contribution is -2.51. The number of carbonyl (C=O) groups is 1. The summed E-state index contributed by atoms with van der Waals surface area (Å²) in [6.45, 7) is 5.30. The number of carbonyl (C=O) groups excluding carboxylic acids is 1. The van der Waals surface area contributed by atoms with Gasteiger partial charge in [-0.25, -0.2) is 8.78 Å². The topological polar surface area (TPSA) is 82.6 Å². The van der Waals surface area contributed by atoms with Crippen LogP contribution in [0, 0.1) is 11.6 Å². The number of hydrogen-bond acceptors (Lipinski definition) is 7. The second kappa shape index (κ2) is 10.3. The van der Waals surface area contributed by atoms with Crippen molar-refractivity contribution < 1.29 is 18.3 Å². The molecule has 0 radical (unpaired) electrons. The minimum atomic E-state index is -0.838. The quantitative estimate of drug-likeness (QED) is 0.417. The Morgan fingerprint density at radius 2 is 1.88 bits per heavy atom. The number of hydrogen-bond donors (Lipinski definition) is 2. The van der Waals surface area contributed by atoms with E-state index in [1.807, 2.05) is 0 Å². The molecule has 2 atom stereocenters. The lowest BCUT2D eigenvalue weighted by molar-refractivity contribution is -0.114. The van der Waals surface area contributed by atoms with Gasteiger partial charge in [-0.3, -0.25) is 9.69 Å². The van der Waals surface area contributed by atoms with E-state index in [0.29, 0.717) is 48.7 Å². The molecule has 41 heavy (non-hydrogen) atoms. The van der Waals surface area contributed by atoms with E-state index in [1.165, 1.54) is 25.1 Å². The predicted octanol–water partition coefficient (Wildman–Crippen LogP) is 5.13. The minimum absolute atomic E-state index is 0.0134. The Morgan fingerprint density at radius 1 is 1.15 bits per heavy atom. The molecule has 0 unspecified atom stereocenters. The standard InChI is InChI=1S/C30H33ClF2N6O2/c1-17(40)34-18-6-7-23(31)21(12-18)25-24(32)13-22-27(26(25)33)36-29(41-16-30-8-2-10-39(30)11-3-9-30)37-28(22)38-14-19-4-5-20(15-38)35-19/h6-7,12-13,19-20,35H,2-5,8-11,14-16H2,1H3,(H,34,40)/t19-,20+. The molecule has 5 heterocycles. The normalized spacial score (nSPS) is 23.3. The van der Waals surface area contributed by atoms with Crippen molar-refractivity contribution >= 4 is 39.9 Å². The van der Waals surface area contributed by atoms with Crippen LogP contribution in [0.4, 0.5) is 20.3 Å². The molecule has 11 heteroatoms. The van der Waals surface area contributed by atoms with E-state index in [0.717, 1.165) is 51.6 Å². The van der Waals surface area contributed by atoms with Gasteiger partial charge in [0.25, 0.3) is 0 Å². The molecule has 7 rings (SSSR count). The van der Waals surface area contributed by atoms with Crippen molar-refractivity contribution in [3.63, 3.8) is 0 Å². The summed E-state index contributed by atoms with van der Waals surface area (Å²) in [4.78, 5) is 25.5. The Morgan fingerprint density at radius 3 is 2.59 bits per heavy atom. The van der Waals surface area contributed by atoms with Gasteiger partial charge in [-0.05, 0) is 75.9 Å². The highest BCUT2D eigenvalue weighted by Crippen LogP contribution is 2.41. The van der Waals surface area contributed by atoms with Crippen LogP contribution < -0.4 is 20.3 Å². The lowest BCUT2D eigenvalue weighted by atomic mass is 9.95. The molecule has 0 aliphatic carbocycles. The van der Waals surface area contributed by atoms with Crippen molar-refractivity contribution in [3.8, 4) is 17.1 Å². The highest BCUT2D eigenvalue weighted by molar-refractivity contribution is 6.33. The molecule has 2 aromatic carbocycles. The number of rotatable bonds is 6. The van der Waals surface area contributed by atoms with E-state index in [4.69, 9.17) is 21.3 Å². The zero-order valence-electron chi connectivity index (χ0n) is 23.0. The Bertz CT molecular complexity index is 1510. The van der Waals surface area contributed by atoms with Crippen LogP contribution >= 0.6 is 11.6 Å². The van der Waals surface area contributed by atoms with E-state index in [9.17, 15) is 4.79 Å². The third-order valence-electron chi connectivity index (χ3n) is 9.20. The Labute approximate surface area is 242 Å². The van der Waals surface area contributed by atoms with Crippen LogP contribution in [0.15, 0.2) is 24.3 Å². The number of nitrogens with zero attached hydrogens (tertiary/aromatic N) is 4. The van der Waals surface area contributed by atoms with Crippen LogP contribution in [0.5, 0.6) is 6.01 Å². The van der Waals surface area contributed by atoms with Crippen LogP contribution in [-0.4, -0.2) is 71.2 Å². The summed E-state index contributed by atoms with van der Waals surface area (Å²) in [6, 6.07) is 6.57. The highest BCUT2D eigenvalue weighted by atomic mass is 35.5. The van der Waals surface area contributed by atoms with Crippen LogP contribution in [0.25, 0.3) is 22.0 Å². The van der Waals surface area contributed by atoms with Gasteiger partial charge in [0.05, 0.1) is 11.1 Å². The number of aromatic nitrogens is 2. The Kier molecular flexibility index (Phi) is 6.75. The summed E-state index contributed by atoms with van der Waals surface area (Å²) in [7, 11) is 0. The molecule has 0 saturated carbocycles. The van der Waals surface area contributed by atoms with Crippen LogP contribution in [0.2, 0.25) is 5.02 Å². The molecule has 2 bridgehead atoms. The summed E-state index contributed by atoms with van der Waals surface area (Å²) in [5.74, 6) is -1.43. The largest absolute Gasteiger partial charge is 0.461 e. The van der Waals surface area contributed by atoms with Crippen molar-refractivity contribution in [2.75, 3.05) is 43.0 Å². The predicted molar refractivity (Wildman–Crippen MR) is 155 cm³/mol. The van der Waals surface area contributed by atoms with E-state index in [2.05, 4.69) is 25.4 Å². The van der Waals surface area contributed by atoms with E-state index < -0.39 is 11.6 Å². The first-order chi connectivity index (χ1) is 19.8.